The number of esters is 1. The second-order valence-corrected chi connectivity index (χ2v) is 10.7. The highest BCUT2D eigenvalue weighted by Gasteiger charge is 2.75. The van der Waals surface area contributed by atoms with Gasteiger partial charge in [-0.3, -0.25) is 19.2 Å². The number of carboxylic acid groups (broad SMARTS) is 1. The molecule has 35 heavy (non-hydrogen) atoms. The van der Waals surface area contributed by atoms with E-state index < -0.39 is 83.0 Å². The first-order valence-corrected chi connectivity index (χ1v) is 11.7. The van der Waals surface area contributed by atoms with Crippen molar-refractivity contribution < 1.29 is 49.1 Å². The van der Waals surface area contributed by atoms with Gasteiger partial charge in [0.05, 0.1) is 18.8 Å². The van der Waals surface area contributed by atoms with Crippen molar-refractivity contribution in [1.29, 1.82) is 0 Å². The number of aliphatic hydroxyl groups is 2. The second-order valence-electron chi connectivity index (χ2n) is 10.7. The summed E-state index contributed by atoms with van der Waals surface area (Å²) in [5.74, 6) is -7.60. The summed E-state index contributed by atoms with van der Waals surface area (Å²) >= 11 is 0. The molecule has 0 aromatic carbocycles. The van der Waals surface area contributed by atoms with E-state index in [4.69, 9.17) is 15.3 Å². The maximum absolute atomic E-state index is 17.2. The van der Waals surface area contributed by atoms with Crippen LogP contribution in [0.4, 0.5) is 4.39 Å². The molecule has 0 bridgehead atoms. The predicted octanol–water partition coefficient (Wildman–Crippen LogP) is 2.31. The Morgan fingerprint density at radius 2 is 1.94 bits per heavy atom. The highest BCUT2D eigenvalue weighted by Crippen LogP contribution is 2.70. The summed E-state index contributed by atoms with van der Waals surface area (Å²) in [5, 5.41) is 32.2. The number of ketones is 2. The number of rotatable bonds is 6. The number of carbonyl (C=O) groups is 4. The molecule has 0 unspecified atom stereocenters. The van der Waals surface area contributed by atoms with Gasteiger partial charge in [0, 0.05) is 22.2 Å². The molecule has 0 radical (unpaired) electrons. The number of allylic oxidation sites excluding steroid dienone is 4. The van der Waals surface area contributed by atoms with Gasteiger partial charge < -0.3 is 20.1 Å². The van der Waals surface area contributed by atoms with Crippen LogP contribution in [-0.2, 0) is 23.9 Å². The van der Waals surface area contributed by atoms with Crippen molar-refractivity contribution in [3.05, 3.63) is 23.8 Å². The van der Waals surface area contributed by atoms with Gasteiger partial charge in [-0.1, -0.05) is 25.5 Å². The highest BCUT2D eigenvalue weighted by molar-refractivity contribution is 6.01. The first-order valence-electron chi connectivity index (χ1n) is 13.7. The number of carboxylic acids is 1. The van der Waals surface area contributed by atoms with Crippen molar-refractivity contribution in [3.63, 3.8) is 0 Å². The van der Waals surface area contributed by atoms with Crippen LogP contribution in [0, 0.1) is 28.6 Å². The summed E-state index contributed by atoms with van der Waals surface area (Å²) in [5.41, 5.74) is -6.44. The maximum atomic E-state index is 17.2. The Kier molecular flexibility index (Phi) is 4.95. The molecule has 4 rings (SSSR count). The van der Waals surface area contributed by atoms with E-state index in [1.807, 2.05) is 0 Å². The topological polar surface area (TPSA) is 138 Å². The Balaban J connectivity index is 1.63. The normalized spacial score (nSPS) is 46.6. The minimum Gasteiger partial charge on any atom is -0.481 e. The molecule has 192 valence electrons. The first kappa shape index (κ1) is 20.8. The van der Waals surface area contributed by atoms with Crippen LogP contribution in [-0.4, -0.2) is 62.8 Å². The fourth-order valence-electron chi connectivity index (χ4n) is 7.52. The van der Waals surface area contributed by atoms with Crippen LogP contribution in [0.15, 0.2) is 23.8 Å². The number of aliphatic hydroxyl groups excluding tert-OH is 1. The zero-order valence-electron chi connectivity index (χ0n) is 23.8. The number of carbonyl (C=O) groups excluding carboxylic acids is 3. The summed E-state index contributed by atoms with van der Waals surface area (Å²) in [6.07, 6.45) is -4.20. The van der Waals surface area contributed by atoms with Crippen LogP contribution in [0.2, 0.25) is 0 Å². The number of hydrogen-bond acceptors (Lipinski definition) is 7. The lowest BCUT2D eigenvalue weighted by Crippen LogP contribution is -2.69. The molecule has 0 aromatic heterocycles. The first-order chi connectivity index (χ1) is 17.7. The molecular formula is C26H33FO8. The zero-order chi connectivity index (χ0) is 29.6. The Labute approximate surface area is 208 Å². The van der Waals surface area contributed by atoms with Crippen molar-refractivity contribution >= 4 is 23.5 Å². The number of fused-ring (bicyclic) bond motifs is 5. The molecule has 4 aliphatic carbocycles. The van der Waals surface area contributed by atoms with Gasteiger partial charge in [-0.25, -0.2) is 4.39 Å². The smallest absolute Gasteiger partial charge is 0.306 e. The lowest BCUT2D eigenvalue weighted by Gasteiger charge is -2.62. The number of aliphatic carboxylic acids is 1. The Hall–Kier alpha value is -2.39. The summed E-state index contributed by atoms with van der Waals surface area (Å²) in [4.78, 5) is 48.8. The van der Waals surface area contributed by atoms with Gasteiger partial charge in [-0.2, -0.15) is 0 Å². The average molecular weight is 497 g/mol. The van der Waals surface area contributed by atoms with Gasteiger partial charge in [0.2, 0.25) is 5.78 Å². The van der Waals surface area contributed by atoms with E-state index in [0.29, 0.717) is 12.0 Å². The van der Waals surface area contributed by atoms with Gasteiger partial charge in [-0.05, 0) is 56.6 Å². The third-order valence-electron chi connectivity index (χ3n) is 9.25. The molecule has 0 spiro atoms. The molecule has 0 aromatic rings. The van der Waals surface area contributed by atoms with Gasteiger partial charge in [0.25, 0.3) is 0 Å². The van der Waals surface area contributed by atoms with Crippen LogP contribution in [0.1, 0.15) is 64.7 Å². The Morgan fingerprint density at radius 1 is 1.26 bits per heavy atom. The molecule has 3 N–H and O–H groups in total. The second kappa shape index (κ2) is 8.34. The van der Waals surface area contributed by atoms with E-state index in [9.17, 15) is 29.4 Å². The molecule has 0 saturated heterocycles. The Morgan fingerprint density at radius 3 is 2.60 bits per heavy atom. The summed E-state index contributed by atoms with van der Waals surface area (Å²) in [6.45, 7) is 3.61. The lowest BCUT2D eigenvalue weighted by molar-refractivity contribution is -0.220. The SMILES string of the molecule is [2H]C([2H])(C(=O)O)C([2H])([2H])C(=O)OCC(=O)[C@@]1(O)[C@H](C)C[C@H]2[C@@H]3CCC4=CC(=O)C=C[C@]4(C)[C@@]3(F)[C@@H](O)C[C@@]21C. The van der Waals surface area contributed by atoms with E-state index in [1.165, 1.54) is 18.2 Å². The lowest BCUT2D eigenvalue weighted by atomic mass is 9.44. The van der Waals surface area contributed by atoms with E-state index in [-0.39, 0.29) is 25.0 Å². The van der Waals surface area contributed by atoms with E-state index >= 15 is 4.39 Å². The van der Waals surface area contributed by atoms with Crippen LogP contribution in [0.5, 0.6) is 0 Å². The van der Waals surface area contributed by atoms with Gasteiger partial charge in [0.1, 0.15) is 5.60 Å². The van der Waals surface area contributed by atoms with Crippen LogP contribution in [0.25, 0.3) is 0 Å². The summed E-state index contributed by atoms with van der Waals surface area (Å²) < 4.78 is 51.8. The average Bonchev–Trinajstić information content (AvgIpc) is 3.04. The van der Waals surface area contributed by atoms with E-state index in [0.717, 1.165) is 0 Å². The van der Waals surface area contributed by atoms with E-state index in [2.05, 4.69) is 0 Å². The number of halogens is 1. The number of Topliss-reactive ketones (excluding diaryl/α,β-unsaturated/α-hetero) is 1. The van der Waals surface area contributed by atoms with Crippen LogP contribution in [0.3, 0.4) is 0 Å². The third-order valence-corrected chi connectivity index (χ3v) is 9.25. The molecule has 9 heteroatoms. The molecule has 0 aliphatic heterocycles. The fourth-order valence-corrected chi connectivity index (χ4v) is 7.52. The molecule has 8 nitrogen and oxygen atoms in total. The Bertz CT molecular complexity index is 1200. The largest absolute Gasteiger partial charge is 0.481 e. The standard InChI is InChI=1S/C26H33FO8/c1-14-10-18-17-5-4-15-11-16(28)8-9-23(15,2)25(17,27)19(29)12-24(18,3)26(14,34)20(30)13-35-22(33)7-6-21(31)32/h8-9,11,14,17-19,29,34H,4-7,10,12-13H2,1-3H3,(H,31,32)/t14-,17+,18+,19+,23+,24+,25+,26+/m1/s1/i6D2,7D2. The molecule has 3 fully saturated rings. The monoisotopic (exact) mass is 496 g/mol. The minimum absolute atomic E-state index is 0.204. The fraction of sp³-hybridized carbons (Fsp3) is 0.692. The summed E-state index contributed by atoms with van der Waals surface area (Å²) in [7, 11) is 0. The number of ether oxygens (including phenoxy) is 1. The molecular weight excluding hydrogens is 459 g/mol. The molecule has 0 amide bonds. The van der Waals surface area contributed by atoms with Crippen molar-refractivity contribution in [1.82, 2.24) is 0 Å². The van der Waals surface area contributed by atoms with Crippen LogP contribution < -0.4 is 0 Å². The number of alkyl halides is 1. The van der Waals surface area contributed by atoms with Gasteiger partial charge in [0.15, 0.2) is 18.1 Å². The van der Waals surface area contributed by atoms with Crippen molar-refractivity contribution in [3.8, 4) is 0 Å². The molecule has 0 heterocycles. The summed E-state index contributed by atoms with van der Waals surface area (Å²) in [6, 6.07) is 0. The van der Waals surface area contributed by atoms with Crippen LogP contribution >= 0.6 is 0 Å². The highest BCUT2D eigenvalue weighted by atomic mass is 19.1. The van der Waals surface area contributed by atoms with Crippen molar-refractivity contribution in [2.24, 2.45) is 28.6 Å². The predicted molar refractivity (Wildman–Crippen MR) is 121 cm³/mol. The maximum Gasteiger partial charge on any atom is 0.306 e. The van der Waals surface area contributed by atoms with E-state index in [1.54, 1.807) is 20.8 Å². The van der Waals surface area contributed by atoms with Crippen molar-refractivity contribution in [2.75, 3.05) is 6.61 Å². The quantitative estimate of drug-likeness (QED) is 0.476. The molecule has 3 saturated carbocycles. The van der Waals surface area contributed by atoms with Crippen molar-refractivity contribution in [2.45, 2.75) is 76.6 Å². The molecule has 4 aliphatic rings. The zero-order valence-corrected chi connectivity index (χ0v) is 19.8. The minimum atomic E-state index is -3.65. The molecule has 8 atom stereocenters. The number of hydrogen-bond donors (Lipinski definition) is 3. The van der Waals surface area contributed by atoms with Gasteiger partial charge in [-0.15, -0.1) is 0 Å². The third kappa shape index (κ3) is 3.45. The van der Waals surface area contributed by atoms with Gasteiger partial charge >= 0.3 is 11.9 Å².